The van der Waals surface area contributed by atoms with E-state index in [1.54, 1.807) is 6.92 Å². The van der Waals surface area contributed by atoms with Crippen molar-refractivity contribution in [3.05, 3.63) is 101 Å². The Labute approximate surface area is 202 Å². The smallest absolute Gasteiger partial charge is 0.303 e. The van der Waals surface area contributed by atoms with E-state index in [1.807, 2.05) is 60.7 Å². The first kappa shape index (κ1) is 25.2. The molecule has 5 heteroatoms. The number of ether oxygens (including phenoxy) is 1. The van der Waals surface area contributed by atoms with Crippen LogP contribution in [0.15, 0.2) is 78.9 Å². The summed E-state index contributed by atoms with van der Waals surface area (Å²) in [6.45, 7) is 4.49. The van der Waals surface area contributed by atoms with Gasteiger partial charge in [-0.15, -0.1) is 0 Å². The Kier molecular flexibility index (Phi) is 9.86. The van der Waals surface area contributed by atoms with E-state index >= 15 is 0 Å². The number of hydrogen-bond donors (Lipinski definition) is 1. The van der Waals surface area contributed by atoms with Gasteiger partial charge in [0, 0.05) is 25.1 Å². The van der Waals surface area contributed by atoms with Crippen LogP contribution in [-0.4, -0.2) is 34.8 Å². The van der Waals surface area contributed by atoms with E-state index in [2.05, 4.69) is 23.1 Å². The van der Waals surface area contributed by atoms with Crippen LogP contribution in [0.2, 0.25) is 0 Å². The summed E-state index contributed by atoms with van der Waals surface area (Å²) < 4.78 is 6.12. The first-order valence-electron chi connectivity index (χ1n) is 11.8. The van der Waals surface area contributed by atoms with E-state index in [4.69, 9.17) is 9.84 Å². The molecule has 0 aliphatic carbocycles. The number of carboxylic acids is 1. The summed E-state index contributed by atoms with van der Waals surface area (Å²) in [5.74, 6) is 0.197. The third-order valence-electron chi connectivity index (χ3n) is 5.79. The molecule has 178 valence electrons. The van der Waals surface area contributed by atoms with Crippen molar-refractivity contribution in [3.63, 3.8) is 0 Å². The normalized spacial score (nSPS) is 10.9. The van der Waals surface area contributed by atoms with Crippen LogP contribution in [0.25, 0.3) is 0 Å². The second kappa shape index (κ2) is 13.3. The molecular weight excluding hydrogens is 426 g/mol. The maximum Gasteiger partial charge on any atom is 0.303 e. The molecule has 0 aliphatic rings. The minimum Gasteiger partial charge on any atom is -0.489 e. The highest BCUT2D eigenvalue weighted by Gasteiger charge is 2.11. The number of hydrogen-bond acceptors (Lipinski definition) is 4. The molecule has 5 nitrogen and oxygen atoms in total. The largest absolute Gasteiger partial charge is 0.489 e. The van der Waals surface area contributed by atoms with Crippen molar-refractivity contribution >= 4 is 11.8 Å². The monoisotopic (exact) mass is 459 g/mol. The van der Waals surface area contributed by atoms with Gasteiger partial charge in [0.15, 0.2) is 5.78 Å². The zero-order valence-corrected chi connectivity index (χ0v) is 19.8. The Morgan fingerprint density at radius 3 is 2.24 bits per heavy atom. The highest BCUT2D eigenvalue weighted by molar-refractivity contribution is 5.94. The van der Waals surface area contributed by atoms with Gasteiger partial charge in [0.2, 0.25) is 0 Å². The Morgan fingerprint density at radius 2 is 1.53 bits per heavy atom. The number of Topliss-reactive ketones (excluding diaryl/α,β-unsaturated/α-hetero) is 1. The molecule has 0 saturated heterocycles. The van der Waals surface area contributed by atoms with Crippen LogP contribution in [0.5, 0.6) is 5.75 Å². The molecule has 0 heterocycles. The maximum absolute atomic E-state index is 11.6. The molecule has 0 aliphatic heterocycles. The molecule has 0 radical (unpaired) electrons. The van der Waals surface area contributed by atoms with Crippen molar-refractivity contribution in [1.82, 2.24) is 4.90 Å². The van der Waals surface area contributed by atoms with Crippen LogP contribution in [0.4, 0.5) is 0 Å². The fourth-order valence-corrected chi connectivity index (χ4v) is 3.85. The number of benzene rings is 3. The number of carbonyl (C=O) groups excluding carboxylic acids is 1. The van der Waals surface area contributed by atoms with Gasteiger partial charge in [-0.05, 0) is 55.5 Å². The fraction of sp³-hybridized carbons (Fsp3) is 0.310. The summed E-state index contributed by atoms with van der Waals surface area (Å²) in [6.07, 6.45) is 2.50. The number of aliphatic carboxylic acids is 1. The van der Waals surface area contributed by atoms with E-state index < -0.39 is 5.97 Å². The van der Waals surface area contributed by atoms with E-state index in [0.29, 0.717) is 18.6 Å². The number of nitrogens with zero attached hydrogens (tertiary/aromatic N) is 1. The lowest BCUT2D eigenvalue weighted by atomic mass is 10.1. The Balaban J connectivity index is 1.63. The van der Waals surface area contributed by atoms with Gasteiger partial charge in [0.05, 0.1) is 0 Å². The second-order valence-corrected chi connectivity index (χ2v) is 8.51. The van der Waals surface area contributed by atoms with Gasteiger partial charge < -0.3 is 9.84 Å². The van der Waals surface area contributed by atoms with E-state index in [1.165, 1.54) is 0 Å². The van der Waals surface area contributed by atoms with Crippen LogP contribution in [-0.2, 0) is 24.4 Å². The standard InChI is InChI=1S/C29H33NO4/c1-23(31)26-16-14-24(15-17-26)21-30(19-8-7-13-29(32)33)20-18-27-11-5-6-12-28(27)34-22-25-9-3-2-4-10-25/h2-6,9-12,14-17H,7-8,13,18-22H2,1H3,(H,32,33). The van der Waals surface area contributed by atoms with E-state index in [-0.39, 0.29) is 12.2 Å². The van der Waals surface area contributed by atoms with Crippen molar-refractivity contribution in [1.29, 1.82) is 0 Å². The van der Waals surface area contributed by atoms with Crippen LogP contribution in [0, 0.1) is 0 Å². The third-order valence-corrected chi connectivity index (χ3v) is 5.79. The van der Waals surface area contributed by atoms with Crippen LogP contribution >= 0.6 is 0 Å². The molecule has 3 aromatic carbocycles. The number of carboxylic acid groups (broad SMARTS) is 1. The Bertz CT molecular complexity index is 1050. The number of carbonyl (C=O) groups is 2. The minimum atomic E-state index is -0.754. The average molecular weight is 460 g/mol. The molecule has 0 saturated carbocycles. The van der Waals surface area contributed by atoms with Gasteiger partial charge in [-0.3, -0.25) is 14.5 Å². The van der Waals surface area contributed by atoms with Gasteiger partial charge in [-0.1, -0.05) is 72.8 Å². The molecule has 0 atom stereocenters. The fourth-order valence-electron chi connectivity index (χ4n) is 3.85. The van der Waals surface area contributed by atoms with Gasteiger partial charge in [-0.25, -0.2) is 0 Å². The molecule has 0 fully saturated rings. The van der Waals surface area contributed by atoms with Gasteiger partial charge in [0.1, 0.15) is 12.4 Å². The molecular formula is C29H33NO4. The summed E-state index contributed by atoms with van der Waals surface area (Å²) in [7, 11) is 0. The number of para-hydroxylation sites is 1. The Morgan fingerprint density at radius 1 is 0.824 bits per heavy atom. The quantitative estimate of drug-likeness (QED) is 0.245. The molecule has 3 aromatic rings. The van der Waals surface area contributed by atoms with Gasteiger partial charge in [0.25, 0.3) is 0 Å². The summed E-state index contributed by atoms with van der Waals surface area (Å²) in [5.41, 5.74) is 4.13. The molecule has 0 spiro atoms. The lowest BCUT2D eigenvalue weighted by Crippen LogP contribution is -2.27. The highest BCUT2D eigenvalue weighted by Crippen LogP contribution is 2.21. The molecule has 0 unspecified atom stereocenters. The molecule has 3 rings (SSSR count). The van der Waals surface area contributed by atoms with E-state index in [0.717, 1.165) is 54.9 Å². The number of unbranched alkanes of at least 4 members (excludes halogenated alkanes) is 1. The number of ketones is 1. The molecule has 0 bridgehead atoms. The van der Waals surface area contributed by atoms with Crippen LogP contribution in [0.1, 0.15) is 53.2 Å². The second-order valence-electron chi connectivity index (χ2n) is 8.51. The lowest BCUT2D eigenvalue weighted by Gasteiger charge is -2.23. The van der Waals surface area contributed by atoms with Crippen molar-refractivity contribution in [2.24, 2.45) is 0 Å². The van der Waals surface area contributed by atoms with Gasteiger partial charge in [-0.2, -0.15) is 0 Å². The number of rotatable bonds is 14. The summed E-state index contributed by atoms with van der Waals surface area (Å²) in [6, 6.07) is 26.0. The maximum atomic E-state index is 11.6. The third kappa shape index (κ3) is 8.49. The first-order valence-corrected chi connectivity index (χ1v) is 11.8. The van der Waals surface area contributed by atoms with E-state index in [9.17, 15) is 9.59 Å². The minimum absolute atomic E-state index is 0.0594. The zero-order chi connectivity index (χ0) is 24.2. The molecule has 34 heavy (non-hydrogen) atoms. The summed E-state index contributed by atoms with van der Waals surface area (Å²) >= 11 is 0. The zero-order valence-electron chi connectivity index (χ0n) is 19.8. The van der Waals surface area contributed by atoms with Crippen LogP contribution < -0.4 is 4.74 Å². The van der Waals surface area contributed by atoms with Crippen molar-refractivity contribution in [3.8, 4) is 5.75 Å². The van der Waals surface area contributed by atoms with Crippen molar-refractivity contribution in [2.45, 2.75) is 45.8 Å². The average Bonchev–Trinajstić information content (AvgIpc) is 2.85. The summed E-state index contributed by atoms with van der Waals surface area (Å²) in [4.78, 5) is 24.8. The van der Waals surface area contributed by atoms with Crippen molar-refractivity contribution in [2.75, 3.05) is 13.1 Å². The topological polar surface area (TPSA) is 66.8 Å². The predicted molar refractivity (Wildman–Crippen MR) is 134 cm³/mol. The molecule has 0 aromatic heterocycles. The Hall–Kier alpha value is -3.44. The summed E-state index contributed by atoms with van der Waals surface area (Å²) in [5, 5.41) is 8.95. The molecule has 0 amide bonds. The highest BCUT2D eigenvalue weighted by atomic mass is 16.5. The predicted octanol–water partition coefficient (Wildman–Crippen LogP) is 5.77. The lowest BCUT2D eigenvalue weighted by molar-refractivity contribution is -0.137. The van der Waals surface area contributed by atoms with Gasteiger partial charge >= 0.3 is 5.97 Å². The SMILES string of the molecule is CC(=O)c1ccc(CN(CCCCC(=O)O)CCc2ccccc2OCc2ccccc2)cc1. The van der Waals surface area contributed by atoms with Crippen LogP contribution in [0.3, 0.4) is 0 Å². The van der Waals surface area contributed by atoms with Crippen molar-refractivity contribution < 1.29 is 19.4 Å². The first-order chi connectivity index (χ1) is 16.5. The molecule has 1 N–H and O–H groups in total.